The molecule has 0 N–H and O–H groups in total. The Kier molecular flexibility index (Phi) is 10.5. The van der Waals surface area contributed by atoms with E-state index in [1.165, 1.54) is 42.6 Å². The highest BCUT2D eigenvalue weighted by Gasteiger charge is 2.13. The first-order valence-electron chi connectivity index (χ1n) is 12.4. The quantitative estimate of drug-likeness (QED) is 0.619. The minimum atomic E-state index is 0.928. The first-order valence-corrected chi connectivity index (χ1v) is 12.4. The molecule has 5 heteroatoms. The highest BCUT2D eigenvalue weighted by Crippen LogP contribution is 2.15. The summed E-state index contributed by atoms with van der Waals surface area (Å²) in [7, 11) is 1.73. The smallest absolute Gasteiger partial charge is 0.118 e. The van der Waals surface area contributed by atoms with E-state index in [2.05, 4.69) is 71.0 Å². The number of hydrogen-bond donors (Lipinski definition) is 0. The van der Waals surface area contributed by atoms with E-state index >= 15 is 0 Å². The molecule has 2 bridgehead atoms. The highest BCUT2D eigenvalue weighted by molar-refractivity contribution is 5.27. The van der Waals surface area contributed by atoms with E-state index in [1.807, 2.05) is 0 Å². The van der Waals surface area contributed by atoms with Crippen LogP contribution < -0.4 is 4.74 Å². The topological polar surface area (TPSA) is 31.8 Å². The summed E-state index contributed by atoms with van der Waals surface area (Å²) < 4.78 is 5.33. The molecule has 0 amide bonds. The summed E-state index contributed by atoms with van der Waals surface area (Å²) >= 11 is 0. The van der Waals surface area contributed by atoms with Gasteiger partial charge in [-0.05, 0) is 94.8 Å². The van der Waals surface area contributed by atoms with E-state index in [9.17, 15) is 0 Å². The van der Waals surface area contributed by atoms with Gasteiger partial charge in [-0.25, -0.2) is 0 Å². The Morgan fingerprint density at radius 3 is 1.78 bits per heavy atom. The van der Waals surface area contributed by atoms with Crippen LogP contribution in [0, 0.1) is 0 Å². The van der Waals surface area contributed by atoms with Crippen molar-refractivity contribution < 1.29 is 4.74 Å². The summed E-state index contributed by atoms with van der Waals surface area (Å²) in [6.07, 6.45) is 4.74. The van der Waals surface area contributed by atoms with Crippen molar-refractivity contribution in [1.29, 1.82) is 0 Å². The van der Waals surface area contributed by atoms with Crippen molar-refractivity contribution in [2.75, 3.05) is 46.4 Å². The van der Waals surface area contributed by atoms with Crippen LogP contribution in [0.3, 0.4) is 0 Å². The minimum absolute atomic E-state index is 0.928. The number of methoxy groups -OCH3 is 1. The largest absolute Gasteiger partial charge is 0.497 e. The third-order valence-corrected chi connectivity index (χ3v) is 6.18. The summed E-state index contributed by atoms with van der Waals surface area (Å²) in [5.41, 5.74) is 3.78. The Balaban J connectivity index is 1.72. The molecule has 0 fully saturated rings. The van der Waals surface area contributed by atoms with Gasteiger partial charge in [-0.1, -0.05) is 32.0 Å². The van der Waals surface area contributed by atoms with Crippen LogP contribution in [0.15, 0.2) is 42.5 Å². The molecule has 0 unspecified atom stereocenters. The normalized spacial score (nSPS) is 17.7. The van der Waals surface area contributed by atoms with E-state index in [0.717, 1.165) is 64.7 Å². The van der Waals surface area contributed by atoms with E-state index in [0.29, 0.717) is 0 Å². The van der Waals surface area contributed by atoms with Gasteiger partial charge in [0, 0.05) is 19.6 Å². The van der Waals surface area contributed by atoms with Crippen molar-refractivity contribution in [3.63, 3.8) is 0 Å². The van der Waals surface area contributed by atoms with Gasteiger partial charge in [-0.2, -0.15) is 0 Å². The molecule has 176 valence electrons. The van der Waals surface area contributed by atoms with E-state index in [4.69, 9.17) is 9.72 Å². The monoisotopic (exact) mass is 438 g/mol. The summed E-state index contributed by atoms with van der Waals surface area (Å²) in [5, 5.41) is 0. The summed E-state index contributed by atoms with van der Waals surface area (Å²) in [6.45, 7) is 14.2. The first kappa shape index (κ1) is 24.7. The molecule has 32 heavy (non-hydrogen) atoms. The first-order chi connectivity index (χ1) is 15.7. The minimum Gasteiger partial charge on any atom is -0.497 e. The van der Waals surface area contributed by atoms with Crippen LogP contribution in [-0.4, -0.2) is 66.1 Å². The van der Waals surface area contributed by atoms with Crippen molar-refractivity contribution in [2.24, 2.45) is 0 Å². The van der Waals surface area contributed by atoms with Crippen LogP contribution in [-0.2, 0) is 19.6 Å². The fourth-order valence-corrected chi connectivity index (χ4v) is 4.63. The molecule has 0 aliphatic carbocycles. The van der Waals surface area contributed by atoms with Gasteiger partial charge < -0.3 is 4.74 Å². The standard InChI is InChI=1S/C27H42N4O/c1-4-15-29-17-7-19-31(21-24-11-13-27(32-3)14-12-24)20-8-18-30(16-5-2)23-26-10-6-9-25(22-29)28-26/h6,9-14H,4-5,7-8,15-23H2,1-3H3. The van der Waals surface area contributed by atoms with Gasteiger partial charge in [0.15, 0.2) is 0 Å². The Morgan fingerprint density at radius 2 is 1.28 bits per heavy atom. The number of hydrogen-bond acceptors (Lipinski definition) is 5. The zero-order valence-corrected chi connectivity index (χ0v) is 20.4. The molecule has 0 atom stereocenters. The van der Waals surface area contributed by atoms with E-state index in [1.54, 1.807) is 7.11 Å². The van der Waals surface area contributed by atoms with Gasteiger partial charge in [0.25, 0.3) is 0 Å². The van der Waals surface area contributed by atoms with Crippen LogP contribution in [0.2, 0.25) is 0 Å². The molecule has 2 aromatic rings. The summed E-state index contributed by atoms with van der Waals surface area (Å²) in [6, 6.07) is 15.1. The fourth-order valence-electron chi connectivity index (χ4n) is 4.63. The Hall–Kier alpha value is -1.95. The molecular weight excluding hydrogens is 396 g/mol. The van der Waals surface area contributed by atoms with Crippen molar-refractivity contribution in [1.82, 2.24) is 19.7 Å². The van der Waals surface area contributed by atoms with Crippen LogP contribution in [0.25, 0.3) is 0 Å². The zero-order valence-electron chi connectivity index (χ0n) is 20.4. The van der Waals surface area contributed by atoms with Crippen LogP contribution in [0.5, 0.6) is 5.75 Å². The van der Waals surface area contributed by atoms with Crippen molar-refractivity contribution in [2.45, 2.75) is 59.2 Å². The second-order valence-electron chi connectivity index (χ2n) is 9.00. The van der Waals surface area contributed by atoms with Gasteiger partial charge in [0.2, 0.25) is 0 Å². The van der Waals surface area contributed by atoms with Crippen LogP contribution in [0.4, 0.5) is 0 Å². The molecule has 5 nitrogen and oxygen atoms in total. The lowest BCUT2D eigenvalue weighted by atomic mass is 10.2. The Bertz CT molecular complexity index is 742. The number of benzene rings is 1. The van der Waals surface area contributed by atoms with Crippen molar-refractivity contribution >= 4 is 0 Å². The fraction of sp³-hybridized carbons (Fsp3) is 0.593. The molecule has 1 aliphatic rings. The number of nitrogens with zero attached hydrogens (tertiary/aromatic N) is 4. The lowest BCUT2D eigenvalue weighted by Crippen LogP contribution is -2.34. The molecular formula is C27H42N4O. The number of aromatic nitrogens is 1. The Morgan fingerprint density at radius 1 is 0.750 bits per heavy atom. The highest BCUT2D eigenvalue weighted by atomic mass is 16.5. The molecule has 1 aromatic heterocycles. The maximum Gasteiger partial charge on any atom is 0.118 e. The SMILES string of the molecule is CCCN1CCCN(Cc2ccc(OC)cc2)CCCN(CCC)Cc2cccc(n2)C1. The molecule has 2 heterocycles. The predicted molar refractivity (Wildman–Crippen MR) is 133 cm³/mol. The maximum atomic E-state index is 5.33. The van der Waals surface area contributed by atoms with Gasteiger partial charge >= 0.3 is 0 Å². The second-order valence-corrected chi connectivity index (χ2v) is 9.00. The number of pyridine rings is 1. The van der Waals surface area contributed by atoms with E-state index < -0.39 is 0 Å². The van der Waals surface area contributed by atoms with Gasteiger partial charge in [-0.3, -0.25) is 19.7 Å². The van der Waals surface area contributed by atoms with Crippen LogP contribution in [0.1, 0.15) is 56.5 Å². The molecule has 1 aliphatic heterocycles. The van der Waals surface area contributed by atoms with Crippen molar-refractivity contribution in [3.05, 3.63) is 59.4 Å². The molecule has 0 radical (unpaired) electrons. The molecule has 0 saturated heterocycles. The third-order valence-electron chi connectivity index (χ3n) is 6.18. The molecule has 1 aromatic carbocycles. The average Bonchev–Trinajstić information content (AvgIpc) is 2.79. The van der Waals surface area contributed by atoms with Gasteiger partial charge in [0.05, 0.1) is 18.5 Å². The molecule has 3 rings (SSSR count). The van der Waals surface area contributed by atoms with Crippen LogP contribution >= 0.6 is 0 Å². The number of ether oxygens (including phenoxy) is 1. The lowest BCUT2D eigenvalue weighted by Gasteiger charge is -2.28. The summed E-state index contributed by atoms with van der Waals surface area (Å²) in [4.78, 5) is 12.8. The molecule has 0 saturated carbocycles. The molecule has 0 spiro atoms. The third kappa shape index (κ3) is 8.19. The maximum absolute atomic E-state index is 5.33. The summed E-state index contributed by atoms with van der Waals surface area (Å²) in [5.74, 6) is 0.928. The number of rotatable bonds is 7. The lowest BCUT2D eigenvalue weighted by molar-refractivity contribution is 0.194. The second kappa shape index (κ2) is 13.6. The van der Waals surface area contributed by atoms with Gasteiger partial charge in [0.1, 0.15) is 5.75 Å². The van der Waals surface area contributed by atoms with Crippen molar-refractivity contribution in [3.8, 4) is 5.75 Å². The average molecular weight is 439 g/mol. The van der Waals surface area contributed by atoms with E-state index in [-0.39, 0.29) is 0 Å². The Labute approximate surface area is 195 Å². The zero-order chi connectivity index (χ0) is 22.6. The predicted octanol–water partition coefficient (Wildman–Crippen LogP) is 4.81. The van der Waals surface area contributed by atoms with Gasteiger partial charge in [-0.15, -0.1) is 0 Å². The number of fused-ring (bicyclic) bond motifs is 2.